The Morgan fingerprint density at radius 1 is 0.692 bits per heavy atom. The summed E-state index contributed by atoms with van der Waals surface area (Å²) in [5, 5.41) is 2.64. The lowest BCUT2D eigenvalue weighted by molar-refractivity contribution is -0.347. The molecule has 0 spiro atoms. The summed E-state index contributed by atoms with van der Waals surface area (Å²) < 4.78 is 109. The average molecular weight is 400 g/mol. The summed E-state index contributed by atoms with van der Waals surface area (Å²) in [5.41, 5.74) is 0. The Labute approximate surface area is 144 Å². The van der Waals surface area contributed by atoms with Gasteiger partial charge in [0, 0.05) is 12.1 Å². The SMILES string of the molecule is CC[C@@H](C)NC(=O)C(F)(F)C(F)(F)C(F)(F)C(F)(F)C(=O)N[C@H](C)CC. The van der Waals surface area contributed by atoms with Gasteiger partial charge in [0.25, 0.3) is 11.8 Å². The zero-order valence-electron chi connectivity index (χ0n) is 14.4. The van der Waals surface area contributed by atoms with Crippen LogP contribution in [0.1, 0.15) is 40.5 Å². The Balaban J connectivity index is 5.83. The zero-order valence-corrected chi connectivity index (χ0v) is 14.4. The van der Waals surface area contributed by atoms with Crippen LogP contribution in [0.3, 0.4) is 0 Å². The molecule has 2 N–H and O–H groups in total. The fourth-order valence-corrected chi connectivity index (χ4v) is 1.51. The molecule has 0 radical (unpaired) electrons. The topological polar surface area (TPSA) is 58.2 Å². The van der Waals surface area contributed by atoms with Crippen molar-refractivity contribution in [2.24, 2.45) is 0 Å². The van der Waals surface area contributed by atoms with Gasteiger partial charge < -0.3 is 10.6 Å². The zero-order chi connectivity index (χ0) is 21.1. The highest BCUT2D eigenvalue weighted by Gasteiger charge is 2.84. The maximum absolute atomic E-state index is 13.6. The van der Waals surface area contributed by atoms with Gasteiger partial charge >= 0.3 is 23.7 Å². The molecular weight excluding hydrogens is 380 g/mol. The molecular formula is C14H20F8N2O2. The van der Waals surface area contributed by atoms with Crippen molar-refractivity contribution in [3.63, 3.8) is 0 Å². The number of halogens is 8. The van der Waals surface area contributed by atoms with Crippen LogP contribution in [0.15, 0.2) is 0 Å². The second kappa shape index (κ2) is 7.95. The summed E-state index contributed by atoms with van der Waals surface area (Å²) in [7, 11) is 0. The minimum absolute atomic E-state index is 0.0166. The number of rotatable bonds is 9. The van der Waals surface area contributed by atoms with Gasteiger partial charge in [-0.3, -0.25) is 9.59 Å². The predicted octanol–water partition coefficient (Wildman–Crippen LogP) is 3.36. The van der Waals surface area contributed by atoms with E-state index < -0.39 is 47.6 Å². The normalized spacial score (nSPS) is 16.0. The van der Waals surface area contributed by atoms with Gasteiger partial charge in [0.15, 0.2) is 0 Å². The molecule has 0 aliphatic carbocycles. The fourth-order valence-electron chi connectivity index (χ4n) is 1.51. The summed E-state index contributed by atoms with van der Waals surface area (Å²) in [5.74, 6) is -31.8. The number of hydrogen-bond donors (Lipinski definition) is 2. The standard InChI is InChI=1S/C14H20F8N2O2/c1-5-7(3)23-9(25)11(15,16)13(19,20)14(21,22)12(17,18)10(26)24-8(4)6-2/h7-8H,5-6H2,1-4H3,(H,23,25)(H,24,26)/t7-,8-/m1/s1. The molecule has 0 aromatic carbocycles. The lowest BCUT2D eigenvalue weighted by atomic mass is 9.96. The molecule has 2 amide bonds. The van der Waals surface area contributed by atoms with Crippen molar-refractivity contribution in [3.8, 4) is 0 Å². The van der Waals surface area contributed by atoms with Gasteiger partial charge in [-0.15, -0.1) is 0 Å². The largest absolute Gasteiger partial charge is 0.392 e. The summed E-state index contributed by atoms with van der Waals surface area (Å²) >= 11 is 0. The second-order valence-electron chi connectivity index (χ2n) is 5.86. The van der Waals surface area contributed by atoms with E-state index in [0.29, 0.717) is 0 Å². The van der Waals surface area contributed by atoms with E-state index in [1.165, 1.54) is 24.5 Å². The van der Waals surface area contributed by atoms with Crippen LogP contribution in [-0.4, -0.2) is 47.6 Å². The third kappa shape index (κ3) is 4.20. The molecule has 0 aromatic heterocycles. The molecule has 4 nitrogen and oxygen atoms in total. The van der Waals surface area contributed by atoms with E-state index in [9.17, 15) is 44.7 Å². The molecule has 26 heavy (non-hydrogen) atoms. The fraction of sp³-hybridized carbons (Fsp3) is 0.857. The Morgan fingerprint density at radius 2 is 0.923 bits per heavy atom. The van der Waals surface area contributed by atoms with E-state index in [4.69, 9.17) is 0 Å². The number of alkyl halides is 8. The molecule has 0 aromatic rings. The Kier molecular flexibility index (Phi) is 7.45. The molecule has 0 aliphatic rings. The van der Waals surface area contributed by atoms with Crippen molar-refractivity contribution in [3.05, 3.63) is 0 Å². The maximum Gasteiger partial charge on any atom is 0.392 e. The van der Waals surface area contributed by atoms with E-state index in [0.717, 1.165) is 13.8 Å². The second-order valence-corrected chi connectivity index (χ2v) is 5.86. The van der Waals surface area contributed by atoms with E-state index in [-0.39, 0.29) is 12.8 Å². The van der Waals surface area contributed by atoms with Crippen LogP contribution in [0.2, 0.25) is 0 Å². The van der Waals surface area contributed by atoms with E-state index in [2.05, 4.69) is 0 Å². The molecule has 0 saturated carbocycles. The van der Waals surface area contributed by atoms with Crippen molar-refractivity contribution >= 4 is 11.8 Å². The first-order valence-electron chi connectivity index (χ1n) is 7.63. The average Bonchev–Trinajstić information content (AvgIpc) is 2.53. The molecule has 2 atom stereocenters. The number of amides is 2. The van der Waals surface area contributed by atoms with Gasteiger partial charge in [-0.05, 0) is 26.7 Å². The molecule has 0 rings (SSSR count). The molecule has 0 heterocycles. The first-order valence-corrected chi connectivity index (χ1v) is 7.63. The van der Waals surface area contributed by atoms with Crippen molar-refractivity contribution in [2.75, 3.05) is 0 Å². The lowest BCUT2D eigenvalue weighted by Gasteiger charge is -2.35. The van der Waals surface area contributed by atoms with Crippen LogP contribution in [0, 0.1) is 0 Å². The molecule has 0 fully saturated rings. The van der Waals surface area contributed by atoms with Crippen molar-refractivity contribution in [1.82, 2.24) is 10.6 Å². The molecule has 12 heteroatoms. The third-order valence-electron chi connectivity index (χ3n) is 3.73. The maximum atomic E-state index is 13.6. The Morgan fingerprint density at radius 3 is 1.12 bits per heavy atom. The highest BCUT2D eigenvalue weighted by atomic mass is 19.4. The number of carbonyl (C=O) groups is 2. The van der Waals surface area contributed by atoms with Crippen LogP contribution >= 0.6 is 0 Å². The van der Waals surface area contributed by atoms with Crippen LogP contribution < -0.4 is 10.6 Å². The van der Waals surface area contributed by atoms with Gasteiger partial charge in [-0.2, -0.15) is 35.1 Å². The third-order valence-corrected chi connectivity index (χ3v) is 3.73. The van der Waals surface area contributed by atoms with Crippen molar-refractivity contribution < 1.29 is 44.7 Å². The molecule has 0 saturated heterocycles. The van der Waals surface area contributed by atoms with Gasteiger partial charge in [0.2, 0.25) is 0 Å². The van der Waals surface area contributed by atoms with E-state index in [1.807, 2.05) is 0 Å². The number of hydrogen-bond acceptors (Lipinski definition) is 2. The van der Waals surface area contributed by atoms with Crippen LogP contribution in [0.25, 0.3) is 0 Å². The first-order chi connectivity index (χ1) is 11.5. The van der Waals surface area contributed by atoms with Crippen LogP contribution in [0.4, 0.5) is 35.1 Å². The quantitative estimate of drug-likeness (QED) is 0.584. The van der Waals surface area contributed by atoms with Crippen molar-refractivity contribution in [1.29, 1.82) is 0 Å². The van der Waals surface area contributed by atoms with E-state index >= 15 is 0 Å². The highest BCUT2D eigenvalue weighted by Crippen LogP contribution is 2.52. The molecule has 0 unspecified atom stereocenters. The van der Waals surface area contributed by atoms with Gasteiger partial charge in [0.1, 0.15) is 0 Å². The molecule has 154 valence electrons. The first kappa shape index (κ1) is 24.4. The van der Waals surface area contributed by atoms with E-state index in [1.54, 1.807) is 0 Å². The summed E-state index contributed by atoms with van der Waals surface area (Å²) in [6.45, 7) is 4.95. The summed E-state index contributed by atoms with van der Waals surface area (Å²) in [4.78, 5) is 22.5. The predicted molar refractivity (Wildman–Crippen MR) is 75.6 cm³/mol. The summed E-state index contributed by atoms with van der Waals surface area (Å²) in [6, 6.07) is -2.21. The molecule has 0 bridgehead atoms. The van der Waals surface area contributed by atoms with Gasteiger partial charge in [0.05, 0.1) is 0 Å². The monoisotopic (exact) mass is 400 g/mol. The van der Waals surface area contributed by atoms with Crippen molar-refractivity contribution in [2.45, 2.75) is 76.3 Å². The van der Waals surface area contributed by atoms with Crippen LogP contribution in [-0.2, 0) is 9.59 Å². The lowest BCUT2D eigenvalue weighted by Crippen LogP contribution is -2.69. The Bertz CT molecular complexity index is 479. The summed E-state index contributed by atoms with van der Waals surface area (Å²) in [6.07, 6.45) is -0.0332. The van der Waals surface area contributed by atoms with Crippen LogP contribution in [0.5, 0.6) is 0 Å². The number of nitrogens with one attached hydrogen (secondary N) is 2. The van der Waals surface area contributed by atoms with Gasteiger partial charge in [-0.1, -0.05) is 13.8 Å². The number of carbonyl (C=O) groups excluding carboxylic acids is 2. The van der Waals surface area contributed by atoms with Gasteiger partial charge in [-0.25, -0.2) is 0 Å². The smallest absolute Gasteiger partial charge is 0.348 e. The minimum atomic E-state index is -6.84. The minimum Gasteiger partial charge on any atom is -0.348 e. The highest BCUT2D eigenvalue weighted by molar-refractivity contribution is 5.87. The molecule has 0 aliphatic heterocycles. The Hall–Kier alpha value is -1.62.